The van der Waals surface area contributed by atoms with Crippen molar-refractivity contribution in [3.8, 4) is 0 Å². The van der Waals surface area contributed by atoms with Gasteiger partial charge in [-0.2, -0.15) is 0 Å². The largest absolute Gasteiger partial charge is 0.396 e. The molecular weight excluding hydrogens is 344 g/mol. The number of nitrogens with zero attached hydrogens (tertiary/aromatic N) is 3. The number of benzene rings is 1. The zero-order valence-electron chi connectivity index (χ0n) is 13.7. The summed E-state index contributed by atoms with van der Waals surface area (Å²) in [6.07, 6.45) is 1.79. The zero-order chi connectivity index (χ0) is 18.5. The van der Waals surface area contributed by atoms with Crippen molar-refractivity contribution >= 4 is 17.6 Å². The molecule has 3 aromatic rings. The summed E-state index contributed by atoms with van der Waals surface area (Å²) >= 11 is 0. The highest BCUT2D eigenvalue weighted by atomic mass is 19.1. The summed E-state index contributed by atoms with van der Waals surface area (Å²) in [5.41, 5.74) is 0.729. The summed E-state index contributed by atoms with van der Waals surface area (Å²) in [6, 6.07) is 7.92. The number of aliphatic hydroxyl groups excluding tert-OH is 1. The van der Waals surface area contributed by atoms with Crippen LogP contribution < -0.4 is 10.6 Å². The third-order valence-electron chi connectivity index (χ3n) is 3.86. The van der Waals surface area contributed by atoms with Gasteiger partial charge in [-0.3, -0.25) is 9.72 Å². The van der Waals surface area contributed by atoms with Crippen LogP contribution in [0.2, 0.25) is 0 Å². The Kier molecular flexibility index (Phi) is 5.37. The Balaban J connectivity index is 1.58. The van der Waals surface area contributed by atoms with Gasteiger partial charge in [0.2, 0.25) is 5.95 Å². The maximum atomic E-state index is 13.7. The fourth-order valence-corrected chi connectivity index (χ4v) is 2.52. The number of hydrogen-bond donors (Lipinski definition) is 3. The first-order valence-electron chi connectivity index (χ1n) is 7.96. The van der Waals surface area contributed by atoms with Gasteiger partial charge in [-0.1, -0.05) is 6.07 Å². The monoisotopic (exact) mass is 361 g/mol. The second-order valence-electron chi connectivity index (χ2n) is 5.78. The van der Waals surface area contributed by atoms with Crippen LogP contribution in [-0.2, 0) is 6.42 Å². The summed E-state index contributed by atoms with van der Waals surface area (Å²) in [5, 5.41) is 22.4. The van der Waals surface area contributed by atoms with Crippen LogP contribution in [0.4, 0.5) is 19.5 Å². The molecule has 26 heavy (non-hydrogen) atoms. The molecule has 0 saturated heterocycles. The number of urea groups is 1. The van der Waals surface area contributed by atoms with Gasteiger partial charge in [0.1, 0.15) is 11.6 Å². The van der Waals surface area contributed by atoms with Crippen molar-refractivity contribution < 1.29 is 18.7 Å². The maximum absolute atomic E-state index is 13.7. The molecule has 0 spiro atoms. The molecule has 9 heteroatoms. The van der Waals surface area contributed by atoms with Crippen molar-refractivity contribution in [2.24, 2.45) is 5.92 Å². The first-order chi connectivity index (χ1) is 12.6. The molecule has 1 unspecified atom stereocenters. The summed E-state index contributed by atoms with van der Waals surface area (Å²) in [7, 11) is 0. The minimum Gasteiger partial charge on any atom is -0.396 e. The third-order valence-corrected chi connectivity index (χ3v) is 3.86. The zero-order valence-corrected chi connectivity index (χ0v) is 13.7. The van der Waals surface area contributed by atoms with E-state index in [1.165, 1.54) is 0 Å². The number of amides is 2. The second kappa shape index (κ2) is 7.87. The molecule has 136 valence electrons. The molecule has 0 bridgehead atoms. The van der Waals surface area contributed by atoms with Crippen molar-refractivity contribution in [1.82, 2.24) is 19.9 Å². The van der Waals surface area contributed by atoms with Gasteiger partial charge in [0, 0.05) is 25.3 Å². The van der Waals surface area contributed by atoms with Gasteiger partial charge in [-0.15, -0.1) is 10.2 Å². The molecule has 1 atom stereocenters. The molecule has 0 aliphatic rings. The highest BCUT2D eigenvalue weighted by Gasteiger charge is 2.15. The van der Waals surface area contributed by atoms with E-state index >= 15 is 0 Å². The van der Waals surface area contributed by atoms with Gasteiger partial charge in [-0.05, 0) is 42.3 Å². The lowest BCUT2D eigenvalue weighted by atomic mass is 9.99. The maximum Gasteiger partial charge on any atom is 0.321 e. The Bertz CT molecular complexity index is 915. The van der Waals surface area contributed by atoms with E-state index < -0.39 is 23.6 Å². The Hall–Kier alpha value is -3.07. The molecule has 1 aromatic carbocycles. The molecule has 2 amide bonds. The minimum absolute atomic E-state index is 0.0784. The SMILES string of the molecule is O=C(NCC(CO)Cc1cc(F)ccc1F)Nc1nnc2ccccn12. The smallest absolute Gasteiger partial charge is 0.321 e. The minimum atomic E-state index is -0.553. The quantitative estimate of drug-likeness (QED) is 0.626. The van der Waals surface area contributed by atoms with Crippen molar-refractivity contribution in [1.29, 1.82) is 0 Å². The van der Waals surface area contributed by atoms with E-state index in [1.54, 1.807) is 28.8 Å². The molecule has 0 radical (unpaired) electrons. The van der Waals surface area contributed by atoms with Gasteiger partial charge < -0.3 is 10.4 Å². The van der Waals surface area contributed by atoms with Crippen LogP contribution in [0, 0.1) is 17.6 Å². The Morgan fingerprint density at radius 1 is 1.23 bits per heavy atom. The number of anilines is 1. The van der Waals surface area contributed by atoms with E-state index in [9.17, 15) is 18.7 Å². The van der Waals surface area contributed by atoms with Crippen molar-refractivity contribution in [2.75, 3.05) is 18.5 Å². The first kappa shape index (κ1) is 17.7. The van der Waals surface area contributed by atoms with Crippen molar-refractivity contribution in [2.45, 2.75) is 6.42 Å². The normalized spacial score (nSPS) is 12.1. The average Bonchev–Trinajstić information content (AvgIpc) is 3.04. The molecule has 7 nitrogen and oxygen atoms in total. The Morgan fingerprint density at radius 2 is 2.08 bits per heavy atom. The first-order valence-corrected chi connectivity index (χ1v) is 7.96. The van der Waals surface area contributed by atoms with Crippen molar-refractivity contribution in [3.63, 3.8) is 0 Å². The second-order valence-corrected chi connectivity index (χ2v) is 5.78. The number of halogens is 2. The van der Waals surface area contributed by atoms with Crippen LogP contribution in [0.15, 0.2) is 42.6 Å². The summed E-state index contributed by atoms with van der Waals surface area (Å²) in [4.78, 5) is 12.0. The fraction of sp³-hybridized carbons (Fsp3) is 0.235. The van der Waals surface area contributed by atoms with Crippen LogP contribution in [0.5, 0.6) is 0 Å². The van der Waals surface area contributed by atoms with Gasteiger partial charge in [0.05, 0.1) is 0 Å². The lowest BCUT2D eigenvalue weighted by Crippen LogP contribution is -2.35. The standard InChI is InChI=1S/C17H17F2N5O2/c18-13-4-5-14(19)12(8-13)7-11(10-25)9-20-17(26)21-16-23-22-15-3-1-2-6-24(15)16/h1-6,8,11,25H,7,9-10H2,(H2,20,21,23,26). The molecule has 2 heterocycles. The topological polar surface area (TPSA) is 91.5 Å². The molecule has 3 rings (SSSR count). The number of aliphatic hydroxyl groups is 1. The van der Waals surface area contributed by atoms with Crippen LogP contribution in [0.25, 0.3) is 5.65 Å². The number of aromatic nitrogens is 3. The molecule has 3 N–H and O–H groups in total. The number of fused-ring (bicyclic) bond motifs is 1. The number of rotatable bonds is 6. The highest BCUT2D eigenvalue weighted by Crippen LogP contribution is 2.14. The molecule has 0 aliphatic carbocycles. The average molecular weight is 361 g/mol. The third kappa shape index (κ3) is 4.12. The number of carbonyl (C=O) groups excluding carboxylic acids is 1. The van der Waals surface area contributed by atoms with E-state index in [0.717, 1.165) is 18.2 Å². The van der Waals surface area contributed by atoms with Crippen LogP contribution in [0.1, 0.15) is 5.56 Å². The van der Waals surface area contributed by atoms with Crippen LogP contribution in [-0.4, -0.2) is 38.9 Å². The van der Waals surface area contributed by atoms with Gasteiger partial charge >= 0.3 is 6.03 Å². The van der Waals surface area contributed by atoms with Gasteiger partial charge in [0.15, 0.2) is 5.65 Å². The van der Waals surface area contributed by atoms with Crippen LogP contribution >= 0.6 is 0 Å². The van der Waals surface area contributed by atoms with E-state index in [2.05, 4.69) is 20.8 Å². The number of carbonyl (C=O) groups is 1. The lowest BCUT2D eigenvalue weighted by Gasteiger charge is -2.15. The van der Waals surface area contributed by atoms with E-state index in [4.69, 9.17) is 0 Å². The van der Waals surface area contributed by atoms with E-state index in [1.807, 2.05) is 0 Å². The molecule has 0 aliphatic heterocycles. The Labute approximate surface area is 147 Å². The predicted molar refractivity (Wildman–Crippen MR) is 90.6 cm³/mol. The van der Waals surface area contributed by atoms with E-state index in [0.29, 0.717) is 5.65 Å². The number of pyridine rings is 1. The van der Waals surface area contributed by atoms with Crippen LogP contribution in [0.3, 0.4) is 0 Å². The highest BCUT2D eigenvalue weighted by molar-refractivity contribution is 5.87. The summed E-state index contributed by atoms with van der Waals surface area (Å²) < 4.78 is 28.5. The van der Waals surface area contributed by atoms with Gasteiger partial charge in [-0.25, -0.2) is 13.6 Å². The molecule has 0 fully saturated rings. The van der Waals surface area contributed by atoms with Gasteiger partial charge in [0.25, 0.3) is 0 Å². The molecular formula is C17H17F2N5O2. The van der Waals surface area contributed by atoms with E-state index in [-0.39, 0.29) is 31.1 Å². The predicted octanol–water partition coefficient (Wildman–Crippen LogP) is 1.98. The summed E-state index contributed by atoms with van der Waals surface area (Å²) in [6.45, 7) is -0.209. The van der Waals surface area contributed by atoms with Crippen molar-refractivity contribution in [3.05, 3.63) is 59.8 Å². The molecule has 0 saturated carbocycles. The number of hydrogen-bond acceptors (Lipinski definition) is 4. The molecule has 2 aromatic heterocycles. The fourth-order valence-electron chi connectivity index (χ4n) is 2.52. The number of nitrogens with one attached hydrogen (secondary N) is 2. The Morgan fingerprint density at radius 3 is 2.88 bits per heavy atom. The lowest BCUT2D eigenvalue weighted by molar-refractivity contribution is 0.217. The summed E-state index contributed by atoms with van der Waals surface area (Å²) in [5.74, 6) is -1.33.